The molecule has 1 saturated carbocycles. The number of aromatic nitrogens is 2. The minimum Gasteiger partial charge on any atom is -0.370 e. The van der Waals surface area contributed by atoms with Crippen LogP contribution in [0.15, 0.2) is 17.5 Å². The predicted molar refractivity (Wildman–Crippen MR) is 89.2 cm³/mol. The topological polar surface area (TPSA) is 49.8 Å². The molecule has 112 valence electrons. The summed E-state index contributed by atoms with van der Waals surface area (Å²) in [4.78, 5) is 10.8. The van der Waals surface area contributed by atoms with Gasteiger partial charge in [-0.3, -0.25) is 0 Å². The van der Waals surface area contributed by atoms with Crippen LogP contribution in [0, 0.1) is 6.92 Å². The van der Waals surface area contributed by atoms with Crippen molar-refractivity contribution in [1.82, 2.24) is 9.97 Å². The highest BCUT2D eigenvalue weighted by molar-refractivity contribution is 7.09. The van der Waals surface area contributed by atoms with E-state index in [0.29, 0.717) is 5.92 Å². The van der Waals surface area contributed by atoms with E-state index in [2.05, 4.69) is 42.0 Å². The Morgan fingerprint density at radius 3 is 2.62 bits per heavy atom. The van der Waals surface area contributed by atoms with Gasteiger partial charge in [-0.1, -0.05) is 13.0 Å². The summed E-state index contributed by atoms with van der Waals surface area (Å²) in [6.45, 7) is 6.03. The van der Waals surface area contributed by atoms with Crippen molar-refractivity contribution in [1.29, 1.82) is 0 Å². The fraction of sp³-hybridized carbons (Fsp3) is 0.500. The third-order valence-electron chi connectivity index (χ3n) is 3.66. The molecule has 2 heterocycles. The lowest BCUT2D eigenvalue weighted by molar-refractivity contribution is 0.896. The van der Waals surface area contributed by atoms with Gasteiger partial charge in [0, 0.05) is 22.9 Å². The van der Waals surface area contributed by atoms with Crippen LogP contribution in [-0.4, -0.2) is 16.5 Å². The highest BCUT2D eigenvalue weighted by Gasteiger charge is 2.28. The summed E-state index contributed by atoms with van der Waals surface area (Å²) in [5.74, 6) is 3.52. The molecular weight excluding hydrogens is 280 g/mol. The molecule has 0 radical (unpaired) electrons. The molecule has 21 heavy (non-hydrogen) atoms. The fourth-order valence-corrected chi connectivity index (χ4v) is 2.87. The van der Waals surface area contributed by atoms with Crippen molar-refractivity contribution in [3.8, 4) is 0 Å². The van der Waals surface area contributed by atoms with Gasteiger partial charge in [0.2, 0.25) is 0 Å². The first-order valence-corrected chi connectivity index (χ1v) is 8.54. The van der Waals surface area contributed by atoms with E-state index in [-0.39, 0.29) is 0 Å². The maximum Gasteiger partial charge on any atom is 0.136 e. The molecule has 0 aromatic carbocycles. The lowest BCUT2D eigenvalue weighted by Crippen LogP contribution is -2.11. The summed E-state index contributed by atoms with van der Waals surface area (Å²) < 4.78 is 0. The second-order valence-electron chi connectivity index (χ2n) is 5.54. The van der Waals surface area contributed by atoms with Crippen LogP contribution in [0.5, 0.6) is 0 Å². The molecule has 1 aliphatic carbocycles. The van der Waals surface area contributed by atoms with Gasteiger partial charge < -0.3 is 10.6 Å². The number of hydrogen-bond donors (Lipinski definition) is 2. The smallest absolute Gasteiger partial charge is 0.136 e. The van der Waals surface area contributed by atoms with Crippen LogP contribution in [0.4, 0.5) is 11.6 Å². The summed E-state index contributed by atoms with van der Waals surface area (Å²) in [5.41, 5.74) is 1.12. The van der Waals surface area contributed by atoms with E-state index in [4.69, 9.17) is 9.97 Å². The normalized spacial score (nSPS) is 14.2. The zero-order chi connectivity index (χ0) is 14.7. The number of nitrogens with zero attached hydrogens (tertiary/aromatic N) is 2. The maximum absolute atomic E-state index is 4.74. The average Bonchev–Trinajstić information content (AvgIpc) is 3.21. The van der Waals surface area contributed by atoms with Gasteiger partial charge in [-0.15, -0.1) is 11.3 Å². The zero-order valence-electron chi connectivity index (χ0n) is 12.6. The number of thiophene rings is 1. The molecule has 0 aliphatic heterocycles. The van der Waals surface area contributed by atoms with Gasteiger partial charge in [-0.25, -0.2) is 9.97 Å². The highest BCUT2D eigenvalue weighted by Crippen LogP contribution is 2.39. The largest absolute Gasteiger partial charge is 0.370 e. The lowest BCUT2D eigenvalue weighted by Gasteiger charge is -2.14. The van der Waals surface area contributed by atoms with Gasteiger partial charge >= 0.3 is 0 Å². The van der Waals surface area contributed by atoms with Gasteiger partial charge in [0.25, 0.3) is 0 Å². The van der Waals surface area contributed by atoms with E-state index < -0.39 is 0 Å². The minimum absolute atomic E-state index is 0.565. The van der Waals surface area contributed by atoms with Gasteiger partial charge in [0.15, 0.2) is 0 Å². The van der Waals surface area contributed by atoms with Crippen LogP contribution >= 0.6 is 11.3 Å². The Hall–Kier alpha value is -1.62. The van der Waals surface area contributed by atoms with Crippen molar-refractivity contribution in [3.63, 3.8) is 0 Å². The van der Waals surface area contributed by atoms with Crippen LogP contribution < -0.4 is 10.6 Å². The quantitative estimate of drug-likeness (QED) is 0.806. The molecule has 0 unspecified atom stereocenters. The standard InChI is InChI=1S/C16H22N4S/c1-3-8-17-14-11(2)15(18-10-13-5-4-9-21-13)20-16(19-14)12-6-7-12/h4-5,9,12H,3,6-8,10H2,1-2H3,(H2,17,18,19,20). The molecule has 3 rings (SSSR count). The van der Waals surface area contributed by atoms with Crippen molar-refractivity contribution in [2.24, 2.45) is 0 Å². The molecule has 0 amide bonds. The first kappa shape index (κ1) is 14.3. The van der Waals surface area contributed by atoms with Crippen LogP contribution in [0.3, 0.4) is 0 Å². The molecule has 0 bridgehead atoms. The Kier molecular flexibility index (Phi) is 4.39. The Morgan fingerprint density at radius 1 is 1.24 bits per heavy atom. The van der Waals surface area contributed by atoms with E-state index in [0.717, 1.165) is 42.5 Å². The van der Waals surface area contributed by atoms with E-state index >= 15 is 0 Å². The summed E-state index contributed by atoms with van der Waals surface area (Å²) >= 11 is 1.77. The number of rotatable bonds is 7. The molecule has 0 saturated heterocycles. The SMILES string of the molecule is CCCNc1nc(C2CC2)nc(NCc2cccs2)c1C. The molecule has 2 aromatic heterocycles. The van der Waals surface area contributed by atoms with E-state index in [1.165, 1.54) is 17.7 Å². The fourth-order valence-electron chi connectivity index (χ4n) is 2.23. The predicted octanol–water partition coefficient (Wildman–Crippen LogP) is 4.16. The molecule has 0 spiro atoms. The van der Waals surface area contributed by atoms with Crippen LogP contribution in [-0.2, 0) is 6.54 Å². The first-order valence-electron chi connectivity index (χ1n) is 7.66. The third-order valence-corrected chi connectivity index (χ3v) is 4.53. The number of anilines is 2. The van der Waals surface area contributed by atoms with Gasteiger partial charge in [-0.2, -0.15) is 0 Å². The van der Waals surface area contributed by atoms with Gasteiger partial charge in [0.1, 0.15) is 17.5 Å². The van der Waals surface area contributed by atoms with Crippen LogP contribution in [0.2, 0.25) is 0 Å². The van der Waals surface area contributed by atoms with E-state index in [1.807, 2.05) is 0 Å². The molecule has 1 aliphatic rings. The average molecular weight is 302 g/mol. The minimum atomic E-state index is 0.565. The van der Waals surface area contributed by atoms with Gasteiger partial charge in [-0.05, 0) is 37.6 Å². The molecule has 5 heteroatoms. The Labute approximate surface area is 130 Å². The second-order valence-corrected chi connectivity index (χ2v) is 6.57. The van der Waals surface area contributed by atoms with Crippen LogP contribution in [0.25, 0.3) is 0 Å². The molecule has 1 fully saturated rings. The highest BCUT2D eigenvalue weighted by atomic mass is 32.1. The molecular formula is C16H22N4S. The van der Waals surface area contributed by atoms with Crippen molar-refractivity contribution >= 4 is 23.0 Å². The van der Waals surface area contributed by atoms with Crippen molar-refractivity contribution in [2.75, 3.05) is 17.2 Å². The summed E-state index contributed by atoms with van der Waals surface area (Å²) in [5, 5.41) is 9.01. The number of nitrogens with one attached hydrogen (secondary N) is 2. The van der Waals surface area contributed by atoms with Crippen LogP contribution in [0.1, 0.15) is 48.4 Å². The lowest BCUT2D eigenvalue weighted by atomic mass is 10.2. The number of hydrogen-bond acceptors (Lipinski definition) is 5. The van der Waals surface area contributed by atoms with E-state index in [1.54, 1.807) is 11.3 Å². The first-order chi connectivity index (χ1) is 10.3. The summed E-state index contributed by atoms with van der Waals surface area (Å²) in [6, 6.07) is 4.23. The third kappa shape index (κ3) is 3.53. The van der Waals surface area contributed by atoms with E-state index in [9.17, 15) is 0 Å². The Morgan fingerprint density at radius 2 is 2.00 bits per heavy atom. The summed E-state index contributed by atoms with van der Waals surface area (Å²) in [6.07, 6.45) is 3.54. The maximum atomic E-state index is 4.74. The molecule has 0 atom stereocenters. The van der Waals surface area contributed by atoms with Crippen molar-refractivity contribution in [2.45, 2.75) is 45.6 Å². The van der Waals surface area contributed by atoms with Crippen molar-refractivity contribution < 1.29 is 0 Å². The molecule has 4 nitrogen and oxygen atoms in total. The Balaban J connectivity index is 1.80. The molecule has 2 N–H and O–H groups in total. The second kappa shape index (κ2) is 6.43. The van der Waals surface area contributed by atoms with Crippen molar-refractivity contribution in [3.05, 3.63) is 33.8 Å². The Bertz CT molecular complexity index is 591. The van der Waals surface area contributed by atoms with Gasteiger partial charge in [0.05, 0.1) is 6.54 Å². The monoisotopic (exact) mass is 302 g/mol. The zero-order valence-corrected chi connectivity index (χ0v) is 13.5. The summed E-state index contributed by atoms with van der Waals surface area (Å²) in [7, 11) is 0. The molecule has 2 aromatic rings.